The molecule has 31 heavy (non-hydrogen) atoms. The normalized spacial score (nSPS) is 16.9. The molecule has 1 aliphatic carbocycles. The number of ether oxygens (including phenoxy) is 1. The Morgan fingerprint density at radius 1 is 1.00 bits per heavy atom. The third kappa shape index (κ3) is 2.92. The second-order valence-electron chi connectivity index (χ2n) is 7.82. The first-order valence-corrected chi connectivity index (χ1v) is 11.1. The minimum Gasteiger partial charge on any atom is -0.485 e. The Hall–Kier alpha value is -3.31. The summed E-state index contributed by atoms with van der Waals surface area (Å²) < 4.78 is 9.38. The first kappa shape index (κ1) is 18.5. The van der Waals surface area contributed by atoms with E-state index in [0.717, 1.165) is 45.0 Å². The van der Waals surface area contributed by atoms with Gasteiger partial charge in [0, 0.05) is 40.5 Å². The van der Waals surface area contributed by atoms with Gasteiger partial charge >= 0.3 is 0 Å². The molecule has 1 aliphatic heterocycles. The molecule has 3 aromatic carbocycles. The molecule has 152 valence electrons. The average molecular weight is 470 g/mol. The predicted molar refractivity (Wildman–Crippen MR) is 129 cm³/mol. The van der Waals surface area contributed by atoms with Gasteiger partial charge in [0.15, 0.2) is 0 Å². The van der Waals surface area contributed by atoms with E-state index in [4.69, 9.17) is 9.72 Å². The van der Waals surface area contributed by atoms with E-state index in [2.05, 4.69) is 93.1 Å². The maximum atomic E-state index is 6.14. The van der Waals surface area contributed by atoms with E-state index < -0.39 is 0 Å². The molecule has 5 heteroatoms. The van der Waals surface area contributed by atoms with Crippen LogP contribution in [0.4, 0.5) is 5.95 Å². The number of rotatable bonds is 3. The lowest BCUT2D eigenvalue weighted by atomic mass is 9.95. The summed E-state index contributed by atoms with van der Waals surface area (Å²) in [5, 5.41) is 0. The summed E-state index contributed by atoms with van der Waals surface area (Å²) in [6.45, 7) is 0. The van der Waals surface area contributed by atoms with Crippen molar-refractivity contribution in [1.29, 1.82) is 0 Å². The Labute approximate surface area is 189 Å². The number of aromatic nitrogens is 2. The quantitative estimate of drug-likeness (QED) is 0.349. The summed E-state index contributed by atoms with van der Waals surface area (Å²) in [5.41, 5.74) is 6.64. The third-order valence-electron chi connectivity index (χ3n) is 5.97. The second kappa shape index (κ2) is 7.13. The topological polar surface area (TPSA) is 30.3 Å². The number of benzene rings is 3. The number of allylic oxidation sites excluding steroid dienone is 1. The van der Waals surface area contributed by atoms with E-state index in [1.807, 2.05) is 24.3 Å². The number of nitrogens with zero attached hydrogens (tertiary/aromatic N) is 3. The van der Waals surface area contributed by atoms with Gasteiger partial charge in [-0.3, -0.25) is 4.57 Å². The Kier molecular flexibility index (Phi) is 4.25. The largest absolute Gasteiger partial charge is 0.485 e. The van der Waals surface area contributed by atoms with Crippen molar-refractivity contribution in [3.05, 3.63) is 101 Å². The molecule has 0 amide bonds. The number of imidazole rings is 1. The first-order chi connectivity index (χ1) is 15.2. The Bertz CT molecular complexity index is 1370. The van der Waals surface area contributed by atoms with Crippen molar-refractivity contribution in [2.24, 2.45) is 0 Å². The lowest BCUT2D eigenvalue weighted by Gasteiger charge is -2.25. The maximum Gasteiger partial charge on any atom is 0.215 e. The van der Waals surface area contributed by atoms with Crippen molar-refractivity contribution in [2.45, 2.75) is 12.5 Å². The van der Waals surface area contributed by atoms with Gasteiger partial charge in [-0.2, -0.15) is 0 Å². The summed E-state index contributed by atoms with van der Waals surface area (Å²) in [7, 11) is 2.08. The van der Waals surface area contributed by atoms with Gasteiger partial charge in [-0.15, -0.1) is 0 Å². The van der Waals surface area contributed by atoms with Crippen LogP contribution < -0.4 is 9.64 Å². The summed E-state index contributed by atoms with van der Waals surface area (Å²) in [6.07, 6.45) is 5.42. The Morgan fingerprint density at radius 3 is 2.68 bits per heavy atom. The van der Waals surface area contributed by atoms with Gasteiger partial charge in [-0.25, -0.2) is 4.98 Å². The summed E-state index contributed by atoms with van der Waals surface area (Å²) in [6, 6.07) is 24.8. The zero-order chi connectivity index (χ0) is 20.9. The standard InChI is InChI=1S/C26H20BrN3O/c1-29(18-14-15-24-20(16-18)19-10-5-6-13-23(19)31-24)26-28-22-12-7-11-21(27)25(22)30(26)17-8-3-2-4-9-17/h2-14,16,24H,15H2,1H3. The Balaban J connectivity index is 1.49. The third-order valence-corrected chi connectivity index (χ3v) is 6.61. The van der Waals surface area contributed by atoms with Crippen LogP contribution in [0.2, 0.25) is 0 Å². The van der Waals surface area contributed by atoms with Crippen molar-refractivity contribution in [2.75, 3.05) is 11.9 Å². The van der Waals surface area contributed by atoms with Crippen LogP contribution in [0.3, 0.4) is 0 Å². The highest BCUT2D eigenvalue weighted by Crippen LogP contribution is 2.42. The molecule has 0 saturated heterocycles. The second-order valence-corrected chi connectivity index (χ2v) is 8.67. The molecule has 1 aromatic heterocycles. The number of fused-ring (bicyclic) bond motifs is 4. The number of anilines is 1. The number of likely N-dealkylation sites (N-methyl/N-ethyl adjacent to an activating group) is 1. The highest BCUT2D eigenvalue weighted by atomic mass is 79.9. The average Bonchev–Trinajstić information content (AvgIpc) is 3.38. The molecular weight excluding hydrogens is 450 g/mol. The van der Waals surface area contributed by atoms with Crippen LogP contribution in [-0.4, -0.2) is 22.7 Å². The summed E-state index contributed by atoms with van der Waals surface area (Å²) in [4.78, 5) is 7.18. The van der Waals surface area contributed by atoms with E-state index in [9.17, 15) is 0 Å². The van der Waals surface area contributed by atoms with Gasteiger partial charge in [0.1, 0.15) is 11.9 Å². The zero-order valence-electron chi connectivity index (χ0n) is 17.0. The molecule has 0 spiro atoms. The van der Waals surface area contributed by atoms with Gasteiger partial charge < -0.3 is 9.64 Å². The minimum absolute atomic E-state index is 0.0941. The fraction of sp³-hybridized carbons (Fsp3) is 0.115. The van der Waals surface area contributed by atoms with Crippen LogP contribution in [-0.2, 0) is 0 Å². The molecule has 4 nitrogen and oxygen atoms in total. The van der Waals surface area contributed by atoms with Gasteiger partial charge in [-0.1, -0.05) is 48.5 Å². The lowest BCUT2D eigenvalue weighted by Crippen LogP contribution is -2.23. The van der Waals surface area contributed by atoms with Crippen molar-refractivity contribution < 1.29 is 4.74 Å². The van der Waals surface area contributed by atoms with Crippen molar-refractivity contribution in [1.82, 2.24) is 9.55 Å². The van der Waals surface area contributed by atoms with Crippen LogP contribution in [0.5, 0.6) is 5.75 Å². The van der Waals surface area contributed by atoms with Crippen LogP contribution in [0.15, 0.2) is 95.1 Å². The Morgan fingerprint density at radius 2 is 1.81 bits per heavy atom. The van der Waals surface area contributed by atoms with Crippen molar-refractivity contribution >= 4 is 38.5 Å². The van der Waals surface area contributed by atoms with Gasteiger partial charge in [0.2, 0.25) is 5.95 Å². The number of para-hydroxylation sites is 3. The van der Waals surface area contributed by atoms with Crippen LogP contribution in [0, 0.1) is 0 Å². The van der Waals surface area contributed by atoms with E-state index in [1.54, 1.807) is 0 Å². The fourth-order valence-electron chi connectivity index (χ4n) is 4.46. The molecule has 0 N–H and O–H groups in total. The molecular formula is C26H20BrN3O. The fourth-order valence-corrected chi connectivity index (χ4v) is 4.99. The van der Waals surface area contributed by atoms with Crippen molar-refractivity contribution in [3.8, 4) is 11.4 Å². The predicted octanol–water partition coefficient (Wildman–Crippen LogP) is 6.36. The zero-order valence-corrected chi connectivity index (χ0v) is 18.6. The lowest BCUT2D eigenvalue weighted by molar-refractivity contribution is 0.278. The van der Waals surface area contributed by atoms with E-state index in [1.165, 1.54) is 11.1 Å². The molecule has 2 heterocycles. The smallest absolute Gasteiger partial charge is 0.215 e. The maximum absolute atomic E-state index is 6.14. The highest BCUT2D eigenvalue weighted by molar-refractivity contribution is 9.10. The first-order valence-electron chi connectivity index (χ1n) is 10.3. The summed E-state index contributed by atoms with van der Waals surface area (Å²) >= 11 is 3.74. The molecule has 2 aliphatic rings. The molecule has 0 fully saturated rings. The van der Waals surface area contributed by atoms with Gasteiger partial charge in [0.05, 0.1) is 11.0 Å². The van der Waals surface area contributed by atoms with E-state index in [0.29, 0.717) is 0 Å². The molecule has 1 unspecified atom stereocenters. The number of hydrogen-bond acceptors (Lipinski definition) is 3. The molecule has 1 atom stereocenters. The van der Waals surface area contributed by atoms with E-state index in [-0.39, 0.29) is 6.10 Å². The van der Waals surface area contributed by atoms with Crippen molar-refractivity contribution in [3.63, 3.8) is 0 Å². The molecule has 4 aromatic rings. The monoisotopic (exact) mass is 469 g/mol. The minimum atomic E-state index is 0.0941. The molecule has 0 radical (unpaired) electrons. The van der Waals surface area contributed by atoms with Crippen LogP contribution in [0.25, 0.3) is 22.3 Å². The van der Waals surface area contributed by atoms with Gasteiger partial charge in [0.25, 0.3) is 0 Å². The summed E-state index contributed by atoms with van der Waals surface area (Å²) in [5.74, 6) is 1.85. The highest BCUT2D eigenvalue weighted by Gasteiger charge is 2.31. The molecule has 6 rings (SSSR count). The number of hydrogen-bond donors (Lipinski definition) is 0. The molecule has 0 bridgehead atoms. The van der Waals surface area contributed by atoms with E-state index >= 15 is 0 Å². The number of halogens is 1. The van der Waals surface area contributed by atoms with Gasteiger partial charge in [-0.05, 0) is 52.3 Å². The SMILES string of the molecule is CN(C1=CCC2Oc3ccccc3C2=C1)c1nc2cccc(Br)c2n1-c1ccccc1. The van der Waals surface area contributed by atoms with Crippen LogP contribution in [0.1, 0.15) is 12.0 Å². The molecule has 0 saturated carbocycles. The van der Waals surface area contributed by atoms with Crippen LogP contribution >= 0.6 is 15.9 Å².